The van der Waals surface area contributed by atoms with Gasteiger partial charge in [-0.1, -0.05) is 188 Å². The zero-order valence-corrected chi connectivity index (χ0v) is 34.3. The Bertz CT molecular complexity index is 3590. The molecule has 296 valence electrons. The summed E-state index contributed by atoms with van der Waals surface area (Å²) in [4.78, 5) is 16.0. The molecule has 0 N–H and O–H groups in total. The highest BCUT2D eigenvalue weighted by atomic mass is 16.3. The summed E-state index contributed by atoms with van der Waals surface area (Å²) in [6, 6.07) is 68.7. The molecule has 0 aliphatic heterocycles. The topological polar surface area (TPSA) is 51.8 Å². The zero-order chi connectivity index (χ0) is 41.7. The highest BCUT2D eigenvalue weighted by Gasteiger charge is 2.23. The van der Waals surface area contributed by atoms with Crippen LogP contribution in [0.3, 0.4) is 0 Å². The van der Waals surface area contributed by atoms with E-state index in [1.54, 1.807) is 0 Å². The maximum absolute atomic E-state index is 6.54. The van der Waals surface area contributed by atoms with E-state index in [0.29, 0.717) is 23.4 Å². The summed E-state index contributed by atoms with van der Waals surface area (Å²) >= 11 is 0. The number of rotatable bonds is 7. The number of furan rings is 1. The average molecular weight is 806 g/mol. The Kier molecular flexibility index (Phi) is 8.93. The van der Waals surface area contributed by atoms with Gasteiger partial charge in [-0.3, -0.25) is 0 Å². The van der Waals surface area contributed by atoms with Crippen molar-refractivity contribution in [3.05, 3.63) is 224 Å². The third-order valence-corrected chi connectivity index (χ3v) is 12.5. The van der Waals surface area contributed by atoms with Crippen LogP contribution in [-0.4, -0.2) is 15.0 Å². The molecule has 2 aromatic heterocycles. The normalized spacial score (nSPS) is 13.7. The van der Waals surface area contributed by atoms with Crippen LogP contribution in [0, 0.1) is 0 Å². The number of aromatic nitrogens is 3. The second-order valence-electron chi connectivity index (χ2n) is 16.3. The average Bonchev–Trinajstić information content (AvgIpc) is 3.75. The summed E-state index contributed by atoms with van der Waals surface area (Å²) in [6.45, 7) is 0. The van der Waals surface area contributed by atoms with Gasteiger partial charge in [-0.25, -0.2) is 15.0 Å². The fourth-order valence-electron chi connectivity index (χ4n) is 9.26. The minimum absolute atomic E-state index is 0.404. The largest absolute Gasteiger partial charge is 0.456 e. The highest BCUT2D eigenvalue weighted by molar-refractivity contribution is 6.15. The van der Waals surface area contributed by atoms with Crippen molar-refractivity contribution >= 4 is 43.5 Å². The first kappa shape index (κ1) is 36.6. The van der Waals surface area contributed by atoms with Gasteiger partial charge in [-0.05, 0) is 97.2 Å². The third kappa shape index (κ3) is 6.70. The number of nitrogens with zero attached hydrogens (tertiary/aromatic N) is 3. The van der Waals surface area contributed by atoms with E-state index in [1.807, 2.05) is 12.1 Å². The second-order valence-corrected chi connectivity index (χ2v) is 16.3. The van der Waals surface area contributed by atoms with Crippen LogP contribution >= 0.6 is 0 Å². The van der Waals surface area contributed by atoms with Gasteiger partial charge in [-0.15, -0.1) is 0 Å². The van der Waals surface area contributed by atoms with Crippen molar-refractivity contribution in [3.8, 4) is 67.5 Å². The summed E-state index contributed by atoms with van der Waals surface area (Å²) in [7, 11) is 0. The van der Waals surface area contributed by atoms with Crippen molar-refractivity contribution in [2.75, 3.05) is 0 Å². The molecule has 0 amide bonds. The van der Waals surface area contributed by atoms with E-state index in [2.05, 4.69) is 206 Å². The van der Waals surface area contributed by atoms with E-state index in [4.69, 9.17) is 19.4 Å². The molecule has 0 bridgehead atoms. The summed E-state index contributed by atoms with van der Waals surface area (Å²) < 4.78 is 6.54. The van der Waals surface area contributed by atoms with Crippen LogP contribution in [0.15, 0.2) is 223 Å². The lowest BCUT2D eigenvalue weighted by atomic mass is 9.90. The Morgan fingerprint density at radius 1 is 0.397 bits per heavy atom. The fourth-order valence-corrected chi connectivity index (χ4v) is 9.26. The van der Waals surface area contributed by atoms with E-state index in [1.165, 1.54) is 27.5 Å². The predicted octanol–water partition coefficient (Wildman–Crippen LogP) is 15.7. The number of para-hydroxylation sites is 1. The molecule has 0 fully saturated rings. The first-order valence-electron chi connectivity index (χ1n) is 21.5. The Morgan fingerprint density at radius 2 is 1.06 bits per heavy atom. The predicted molar refractivity (Wildman–Crippen MR) is 260 cm³/mol. The minimum atomic E-state index is 0.404. The minimum Gasteiger partial charge on any atom is -0.456 e. The highest BCUT2D eigenvalue weighted by Crippen LogP contribution is 2.43. The number of fused-ring (bicyclic) bond motifs is 5. The summed E-state index contributed by atoms with van der Waals surface area (Å²) in [6.07, 6.45) is 9.82. The second kappa shape index (κ2) is 15.4. The molecular formula is C59H39N3O. The van der Waals surface area contributed by atoms with Gasteiger partial charge in [0.15, 0.2) is 17.5 Å². The molecule has 0 radical (unpaired) electrons. The monoisotopic (exact) mass is 805 g/mol. The van der Waals surface area contributed by atoms with Crippen LogP contribution in [0.5, 0.6) is 0 Å². The van der Waals surface area contributed by atoms with Gasteiger partial charge in [0, 0.05) is 33.4 Å². The number of hydrogen-bond donors (Lipinski definition) is 0. The molecule has 1 aliphatic rings. The van der Waals surface area contributed by atoms with E-state index >= 15 is 0 Å². The molecule has 1 unspecified atom stereocenters. The summed E-state index contributed by atoms with van der Waals surface area (Å²) in [5.74, 6) is 2.19. The number of allylic oxidation sites excluding steroid dienone is 4. The molecular weight excluding hydrogens is 767 g/mol. The Balaban J connectivity index is 1.05. The standard InChI is InChI=1S/C59H39N3O/c1-2-12-38(13-3-1)40-24-26-41(27-25-40)46-18-10-19-47(36-46)51-34-35-54-55(52-21-8-9-23-53(52)63-54)56(51)59-61-57(60-58(62-59)48-33-28-39-14-4-5-16-45(39)37-48)44-31-29-43(30-32-44)50-22-11-17-42-15-6-7-20-49(42)50/h1-12,14-38H,13H2. The van der Waals surface area contributed by atoms with Gasteiger partial charge in [0.2, 0.25) is 0 Å². The molecule has 11 aromatic rings. The van der Waals surface area contributed by atoms with Crippen molar-refractivity contribution in [2.45, 2.75) is 12.3 Å². The van der Waals surface area contributed by atoms with Crippen LogP contribution in [0.25, 0.3) is 111 Å². The van der Waals surface area contributed by atoms with E-state index in [0.717, 1.165) is 78.1 Å². The molecule has 9 aromatic carbocycles. The van der Waals surface area contributed by atoms with Crippen LogP contribution in [0.1, 0.15) is 17.9 Å². The number of hydrogen-bond acceptors (Lipinski definition) is 4. The van der Waals surface area contributed by atoms with Crippen LogP contribution < -0.4 is 0 Å². The fraction of sp³-hybridized carbons (Fsp3) is 0.0339. The summed E-state index contributed by atoms with van der Waals surface area (Å²) in [5, 5.41) is 6.70. The smallest absolute Gasteiger partial charge is 0.165 e. The molecule has 4 heteroatoms. The van der Waals surface area contributed by atoms with Gasteiger partial charge in [-0.2, -0.15) is 0 Å². The molecule has 63 heavy (non-hydrogen) atoms. The molecule has 0 spiro atoms. The summed E-state index contributed by atoms with van der Waals surface area (Å²) in [5.41, 5.74) is 12.3. The molecule has 1 aliphatic carbocycles. The van der Waals surface area contributed by atoms with Crippen molar-refractivity contribution in [1.82, 2.24) is 15.0 Å². The van der Waals surface area contributed by atoms with Gasteiger partial charge >= 0.3 is 0 Å². The zero-order valence-electron chi connectivity index (χ0n) is 34.3. The van der Waals surface area contributed by atoms with Crippen LogP contribution in [0.4, 0.5) is 0 Å². The maximum Gasteiger partial charge on any atom is 0.165 e. The molecule has 2 heterocycles. The lowest BCUT2D eigenvalue weighted by Gasteiger charge is -2.15. The van der Waals surface area contributed by atoms with E-state index < -0.39 is 0 Å². The Labute approximate surface area is 365 Å². The molecule has 0 saturated heterocycles. The Hall–Kier alpha value is -8.21. The van der Waals surface area contributed by atoms with Gasteiger partial charge in [0.25, 0.3) is 0 Å². The van der Waals surface area contributed by atoms with Gasteiger partial charge in [0.1, 0.15) is 11.2 Å². The first-order valence-corrected chi connectivity index (χ1v) is 21.5. The molecule has 4 nitrogen and oxygen atoms in total. The third-order valence-electron chi connectivity index (χ3n) is 12.5. The molecule has 12 rings (SSSR count). The van der Waals surface area contributed by atoms with Crippen LogP contribution in [0.2, 0.25) is 0 Å². The first-order chi connectivity index (χ1) is 31.2. The van der Waals surface area contributed by atoms with Crippen molar-refractivity contribution < 1.29 is 4.42 Å². The molecule has 0 saturated carbocycles. The van der Waals surface area contributed by atoms with E-state index in [-0.39, 0.29) is 0 Å². The quantitative estimate of drug-likeness (QED) is 0.161. The van der Waals surface area contributed by atoms with Crippen molar-refractivity contribution in [1.29, 1.82) is 0 Å². The molecule has 1 atom stereocenters. The SMILES string of the molecule is C1=CCC(c2ccc(-c3cccc(-c4ccc5oc6ccccc6c5c4-c4nc(-c5ccc(-c6cccc7ccccc67)cc5)nc(-c5ccc6ccccc6c5)n4)c3)cc2)C=C1. The maximum atomic E-state index is 6.54. The number of benzene rings is 9. The van der Waals surface area contributed by atoms with E-state index in [9.17, 15) is 0 Å². The van der Waals surface area contributed by atoms with Crippen molar-refractivity contribution in [2.24, 2.45) is 0 Å². The Morgan fingerprint density at radius 3 is 1.90 bits per heavy atom. The van der Waals surface area contributed by atoms with Crippen molar-refractivity contribution in [3.63, 3.8) is 0 Å². The van der Waals surface area contributed by atoms with Crippen LogP contribution in [-0.2, 0) is 0 Å². The lowest BCUT2D eigenvalue weighted by Crippen LogP contribution is -2.02. The lowest BCUT2D eigenvalue weighted by molar-refractivity contribution is 0.669. The van der Waals surface area contributed by atoms with Gasteiger partial charge in [0.05, 0.1) is 0 Å². The van der Waals surface area contributed by atoms with Gasteiger partial charge < -0.3 is 4.42 Å².